The molecule has 8 amide bonds. The maximum absolute atomic E-state index is 13.5. The second-order valence-electron chi connectivity index (χ2n) is 40.9. The lowest BCUT2D eigenvalue weighted by Crippen LogP contribution is -2.57. The van der Waals surface area contributed by atoms with E-state index < -0.39 is 23.5 Å². The highest BCUT2D eigenvalue weighted by molar-refractivity contribution is 7.18. The number of nitrogens with one attached hydrogen (secondary N) is 8. The van der Waals surface area contributed by atoms with Crippen molar-refractivity contribution in [2.75, 3.05) is 80.7 Å². The van der Waals surface area contributed by atoms with E-state index in [1.54, 1.807) is 45.6 Å². The van der Waals surface area contributed by atoms with Gasteiger partial charge in [0.15, 0.2) is 20.0 Å². The number of pyridine rings is 4. The number of aromatic nitrogens is 8. The minimum Gasteiger partial charge on any atom is -0.394 e. The topological polar surface area (TPSA) is 413 Å². The largest absolute Gasteiger partial charge is 0.394 e. The molecule has 1 saturated carbocycles. The fourth-order valence-corrected chi connectivity index (χ4v) is 20.7. The van der Waals surface area contributed by atoms with E-state index in [4.69, 9.17) is 0 Å². The lowest BCUT2D eigenvalue weighted by Gasteiger charge is -2.36. The van der Waals surface area contributed by atoms with Gasteiger partial charge in [-0.05, 0) is 283 Å². The second kappa shape index (κ2) is 42.7. The van der Waals surface area contributed by atoms with Gasteiger partial charge >= 0.3 is 0 Å². The molecule has 14 rings (SSSR count). The molecular formula is C96H137N21O11S4. The van der Waals surface area contributed by atoms with Gasteiger partial charge in [-0.3, -0.25) is 38.4 Å². The molecule has 1 aliphatic carbocycles. The van der Waals surface area contributed by atoms with Gasteiger partial charge < -0.3 is 82.4 Å². The van der Waals surface area contributed by atoms with E-state index in [1.807, 2.05) is 92.5 Å². The Morgan fingerprint density at radius 2 is 0.705 bits per heavy atom. The first kappa shape index (κ1) is 102. The van der Waals surface area contributed by atoms with Gasteiger partial charge in [0.25, 0.3) is 47.3 Å². The summed E-state index contributed by atoms with van der Waals surface area (Å²) >= 11 is 4.87. The van der Waals surface area contributed by atoms with Gasteiger partial charge in [-0.1, -0.05) is 0 Å². The minimum atomic E-state index is -1.05. The number of likely N-dealkylation sites (N-methyl/N-ethyl adjacent to an activating group) is 1. The van der Waals surface area contributed by atoms with Crippen LogP contribution in [-0.2, 0) is 0 Å². The highest BCUT2D eigenvalue weighted by Gasteiger charge is 2.39. The summed E-state index contributed by atoms with van der Waals surface area (Å²) in [5, 5.41) is 54.9. The highest BCUT2D eigenvalue weighted by atomic mass is 32.1. The highest BCUT2D eigenvalue weighted by Crippen LogP contribution is 2.42. The molecule has 5 saturated heterocycles. The van der Waals surface area contributed by atoms with Gasteiger partial charge in [-0.2, -0.15) is 0 Å². The number of aryl methyl sites for hydroxylation is 4. The smallest absolute Gasteiger partial charge is 0.280 e. The van der Waals surface area contributed by atoms with Crippen molar-refractivity contribution >= 4 is 116 Å². The Hall–Kier alpha value is -10.1. The molecule has 0 unspecified atom stereocenters. The molecular weight excluding hydrogens is 1750 g/mol. The molecule has 7 atom stereocenters. The first-order valence-corrected chi connectivity index (χ1v) is 49.2. The Bertz CT molecular complexity index is 5490. The molecule has 0 spiro atoms. The van der Waals surface area contributed by atoms with E-state index in [9.17, 15) is 53.7 Å². The fraction of sp³-hybridized carbons (Fsp3) is 0.583. The van der Waals surface area contributed by atoms with Crippen molar-refractivity contribution in [3.05, 3.63) is 114 Å². The zero-order valence-corrected chi connectivity index (χ0v) is 84.5. The molecule has 6 fully saturated rings. The van der Waals surface area contributed by atoms with Gasteiger partial charge in [0.05, 0.1) is 43.9 Å². The number of anilines is 4. The van der Waals surface area contributed by atoms with Gasteiger partial charge in [0.1, 0.15) is 46.0 Å². The molecule has 8 aromatic rings. The third-order valence-electron chi connectivity index (χ3n) is 23.3. The van der Waals surface area contributed by atoms with Crippen LogP contribution in [0.25, 0.3) is 41.8 Å². The van der Waals surface area contributed by atoms with E-state index in [0.29, 0.717) is 68.4 Å². The molecule has 36 heteroatoms. The van der Waals surface area contributed by atoms with Crippen molar-refractivity contribution in [2.24, 2.45) is 0 Å². The van der Waals surface area contributed by atoms with E-state index in [2.05, 4.69) is 184 Å². The number of amides is 8. The number of hydrogen-bond donors (Lipinski definition) is 11. The molecule has 716 valence electrons. The first-order valence-electron chi connectivity index (χ1n) is 46.0. The molecule has 5 aliphatic heterocycles. The normalized spacial score (nSPS) is 19.1. The quantitative estimate of drug-likeness (QED) is 0.0300. The fourth-order valence-electron chi connectivity index (χ4n) is 16.5. The van der Waals surface area contributed by atoms with Crippen LogP contribution in [0.15, 0.2) is 49.1 Å². The summed E-state index contributed by atoms with van der Waals surface area (Å²) in [6.07, 6.45) is 16.4. The third kappa shape index (κ3) is 26.9. The van der Waals surface area contributed by atoms with Crippen molar-refractivity contribution < 1.29 is 53.7 Å². The number of aliphatic hydroxyl groups is 3. The molecule has 6 aliphatic rings. The molecule has 8 aromatic heterocycles. The van der Waals surface area contributed by atoms with Crippen LogP contribution in [0.4, 0.5) is 23.3 Å². The Labute approximate surface area is 792 Å². The monoisotopic (exact) mass is 1890 g/mol. The van der Waals surface area contributed by atoms with E-state index in [-0.39, 0.29) is 140 Å². The molecule has 13 heterocycles. The lowest BCUT2D eigenvalue weighted by molar-refractivity contribution is 0.0692. The van der Waals surface area contributed by atoms with Crippen LogP contribution in [0.3, 0.4) is 0 Å². The van der Waals surface area contributed by atoms with Gasteiger partial charge in [-0.15, -0.1) is 45.3 Å². The molecule has 11 N–H and O–H groups in total. The number of carbonyl (C=O) groups excluding carboxylic acids is 8. The first-order chi connectivity index (χ1) is 61.8. The number of nitrogens with zero attached hydrogens (tertiary/aromatic N) is 13. The zero-order valence-electron chi connectivity index (χ0n) is 81.2. The molecule has 0 aromatic carbocycles. The van der Waals surface area contributed by atoms with Crippen molar-refractivity contribution in [1.29, 1.82) is 0 Å². The molecule has 0 bridgehead atoms. The van der Waals surface area contributed by atoms with Gasteiger partial charge in [0.2, 0.25) is 0 Å². The van der Waals surface area contributed by atoms with Crippen molar-refractivity contribution in [2.45, 2.75) is 306 Å². The van der Waals surface area contributed by atoms with Crippen LogP contribution in [0.1, 0.15) is 306 Å². The number of likely N-dealkylation sites (tertiary alicyclic amines) is 5. The summed E-state index contributed by atoms with van der Waals surface area (Å²) in [7, 11) is 2.02. The van der Waals surface area contributed by atoms with Crippen LogP contribution in [0.2, 0.25) is 0 Å². The average Bonchev–Trinajstić information content (AvgIpc) is 1.64. The summed E-state index contributed by atoms with van der Waals surface area (Å²) in [5.74, 6) is 1.15. The number of hydrogen-bond acceptors (Lipinski definition) is 28. The zero-order chi connectivity index (χ0) is 96.7. The van der Waals surface area contributed by atoms with Crippen LogP contribution < -0.4 is 42.5 Å². The summed E-state index contributed by atoms with van der Waals surface area (Å²) in [6.45, 7) is 50.2. The van der Waals surface area contributed by atoms with E-state index in [1.165, 1.54) is 45.3 Å². The Morgan fingerprint density at radius 1 is 0.424 bits per heavy atom. The van der Waals surface area contributed by atoms with Crippen LogP contribution >= 0.6 is 45.3 Å². The number of aliphatic hydroxyl groups excluding tert-OH is 2. The lowest BCUT2D eigenvalue weighted by atomic mass is 10.1. The Balaban J connectivity index is 0.000000170. The van der Waals surface area contributed by atoms with Crippen molar-refractivity contribution in [3.63, 3.8) is 0 Å². The maximum atomic E-state index is 13.5. The average molecular weight is 1890 g/mol. The van der Waals surface area contributed by atoms with Crippen molar-refractivity contribution in [1.82, 2.24) is 85.6 Å². The third-order valence-corrected chi connectivity index (χ3v) is 27.6. The predicted octanol–water partition coefficient (Wildman–Crippen LogP) is 14.7. The van der Waals surface area contributed by atoms with Crippen LogP contribution in [0.5, 0.6) is 0 Å². The van der Waals surface area contributed by atoms with Crippen LogP contribution in [-0.4, -0.2) is 263 Å². The molecule has 0 radical (unpaired) electrons. The Kier molecular flexibility index (Phi) is 33.1. The standard InChI is InChI=1S/C25H35N5O3S.C24H34N6O2S.C24H35N5O3S.C23H33N5O3S/c1-14-11-19(29-25(3,4)5)26-13-18(14)21-20(24(33)30-10-6-7-15(30)2)28-23(34-21)22(32)27-16-8-9-17(31)12-16;1-14-10-18(28-24(3,4)5)25-11-17(14)20-19(23(32)30-9-7-8-15(30)2)27-22(33-20)21(31)26-16-12-29(6)13-16;1-14-11-17(28-23(3,4)5)25-12-16(14)19-18(22(31)29-10-8-9-15(29)2)27-21(33-19)20(30)26-13-24(6,7)32;1-13-10-17(27-23(4,5)6)24-11-16(13)19-18(22(31)28-9-7-8-15(28)3)26-21(32-19)20(30)25-14(2)12-29/h11,13,15-17,31H,6-10,12H2,1-5H3,(H,26,29)(H,27,32);10-11,15-16H,7-9,12-13H2,1-6H3,(H,25,28)(H,26,31);11-12,15,32H,8-10,13H2,1-7H3,(H,25,28)(H,26,30);10-11,14-15,29H,7-9,12H2,1-6H3,(H,24,27)(H,25,30)/t15-,16-,17-;2*15-;14-,15-/m0000/s1. The van der Waals surface area contributed by atoms with Crippen LogP contribution in [0, 0.1) is 27.7 Å². The predicted molar refractivity (Wildman–Crippen MR) is 525 cm³/mol. The summed E-state index contributed by atoms with van der Waals surface area (Å²) < 4.78 is 0. The summed E-state index contributed by atoms with van der Waals surface area (Å²) in [6, 6.07) is 8.09. The van der Waals surface area contributed by atoms with E-state index >= 15 is 0 Å². The number of thiazole rings is 4. The number of carbonyl (C=O) groups is 8. The maximum Gasteiger partial charge on any atom is 0.280 e. The SMILES string of the molecule is Cc1cc(NC(C)(C)C)ncc1-c1sc(C(=O)NC2CN(C)C2)nc1C(=O)N1CCC[C@@H]1C.Cc1cc(NC(C)(C)C)ncc1-c1sc(C(=O)NCC(C)(C)O)nc1C(=O)N1CCC[C@@H]1C.Cc1cc(NC(C)(C)C)ncc1-c1sc(C(=O)N[C@@H](C)CO)nc1C(=O)N1CCC[C@@H]1C.Cc1cc(NC(C)(C)C)ncc1-c1sc(C(=O)N[C@H]2CC[C@H](O)C2)nc1C(=O)N1CCC[C@@H]1C. The van der Waals surface area contributed by atoms with Crippen molar-refractivity contribution in [3.8, 4) is 41.8 Å². The minimum absolute atomic E-state index is 0.0706. The summed E-state index contributed by atoms with van der Waals surface area (Å²) in [4.78, 5) is 154. The molecule has 32 nitrogen and oxygen atoms in total. The second-order valence-corrected chi connectivity index (χ2v) is 44.9. The summed E-state index contributed by atoms with van der Waals surface area (Å²) in [5.41, 5.74) is 6.71. The van der Waals surface area contributed by atoms with E-state index in [0.717, 1.165) is 145 Å². The van der Waals surface area contributed by atoms with Gasteiger partial charge in [0, 0.05) is 151 Å². The molecule has 132 heavy (non-hydrogen) atoms. The number of rotatable bonds is 22. The Morgan fingerprint density at radius 3 is 0.939 bits per heavy atom. The van der Waals surface area contributed by atoms with Gasteiger partial charge in [-0.25, -0.2) is 39.9 Å².